The van der Waals surface area contributed by atoms with Crippen LogP contribution < -0.4 is 4.72 Å². The zero-order valence-corrected chi connectivity index (χ0v) is 18.5. The molecule has 1 aromatic heterocycles. The van der Waals surface area contributed by atoms with Gasteiger partial charge >= 0.3 is 5.97 Å². The Balaban J connectivity index is 2.08. The van der Waals surface area contributed by atoms with Gasteiger partial charge in [0, 0.05) is 21.4 Å². The predicted octanol–water partition coefficient (Wildman–Crippen LogP) is 3.12. The number of ether oxygens (including phenoxy) is 1. The Morgan fingerprint density at radius 2 is 1.79 bits per heavy atom. The molecule has 152 valence electrons. The Labute approximate surface area is 173 Å². The van der Waals surface area contributed by atoms with Crippen LogP contribution in [0.15, 0.2) is 39.7 Å². The number of halogens is 1. The van der Waals surface area contributed by atoms with Crippen molar-refractivity contribution in [2.45, 2.75) is 38.6 Å². The van der Waals surface area contributed by atoms with Crippen molar-refractivity contribution in [3.63, 3.8) is 0 Å². The molecule has 0 spiro atoms. The van der Waals surface area contributed by atoms with Gasteiger partial charge in [0.1, 0.15) is 6.04 Å². The molecule has 2 rings (SSSR count). The highest BCUT2D eigenvalue weighted by Crippen LogP contribution is 2.17. The van der Waals surface area contributed by atoms with Crippen molar-refractivity contribution in [1.29, 1.82) is 0 Å². The first kappa shape index (κ1) is 22.3. The maximum Gasteiger partial charge on any atom is 0.324 e. The van der Waals surface area contributed by atoms with Crippen molar-refractivity contribution in [3.05, 3.63) is 51.8 Å². The number of benzene rings is 1. The first-order valence-corrected chi connectivity index (χ1v) is 10.9. The fraction of sp³-hybridized carbons (Fsp3) is 0.368. The Bertz CT molecular complexity index is 965. The lowest BCUT2D eigenvalue weighted by Gasteiger charge is -2.20. The number of esters is 1. The summed E-state index contributed by atoms with van der Waals surface area (Å²) < 4.78 is 33.3. The summed E-state index contributed by atoms with van der Waals surface area (Å²) in [6.07, 6.45) is 0. The smallest absolute Gasteiger partial charge is 0.324 e. The Kier molecular flexibility index (Phi) is 7.19. The minimum Gasteiger partial charge on any atom is -0.456 e. The van der Waals surface area contributed by atoms with Gasteiger partial charge in [0.15, 0.2) is 6.61 Å². The number of aromatic amines is 1. The summed E-state index contributed by atoms with van der Waals surface area (Å²) in [6, 6.07) is 6.61. The van der Waals surface area contributed by atoms with Crippen molar-refractivity contribution in [1.82, 2.24) is 9.71 Å². The molecular formula is C19H23BrN2O5S. The number of carbonyl (C=O) groups is 2. The first-order valence-electron chi connectivity index (χ1n) is 8.65. The molecule has 28 heavy (non-hydrogen) atoms. The molecule has 9 heteroatoms. The summed E-state index contributed by atoms with van der Waals surface area (Å²) in [7, 11) is -3.92. The second kappa shape index (κ2) is 9.02. The molecule has 0 bridgehead atoms. The second-order valence-electron chi connectivity index (χ2n) is 6.82. The molecule has 1 aromatic carbocycles. The van der Waals surface area contributed by atoms with Gasteiger partial charge in [-0.1, -0.05) is 29.8 Å². The van der Waals surface area contributed by atoms with Gasteiger partial charge in [-0.15, -0.1) is 0 Å². The first-order chi connectivity index (χ1) is 13.0. The van der Waals surface area contributed by atoms with E-state index < -0.39 is 28.6 Å². The molecule has 0 amide bonds. The van der Waals surface area contributed by atoms with E-state index in [1.165, 1.54) is 12.1 Å². The normalized spacial score (nSPS) is 12.8. The van der Waals surface area contributed by atoms with Crippen molar-refractivity contribution >= 4 is 37.7 Å². The van der Waals surface area contributed by atoms with Crippen molar-refractivity contribution in [2.75, 3.05) is 6.61 Å². The van der Waals surface area contributed by atoms with E-state index in [0.717, 1.165) is 10.2 Å². The summed E-state index contributed by atoms with van der Waals surface area (Å²) in [5.41, 5.74) is 1.96. The van der Waals surface area contributed by atoms with Crippen molar-refractivity contribution in [3.8, 4) is 0 Å². The van der Waals surface area contributed by atoms with Crippen LogP contribution in [0.2, 0.25) is 0 Å². The molecule has 0 aliphatic carbocycles. The highest BCUT2D eigenvalue weighted by Gasteiger charge is 2.30. The zero-order valence-electron chi connectivity index (χ0n) is 16.1. The lowest BCUT2D eigenvalue weighted by atomic mass is 10.1. The number of rotatable bonds is 8. The third-order valence-electron chi connectivity index (χ3n) is 4.12. The molecule has 7 nitrogen and oxygen atoms in total. The van der Waals surface area contributed by atoms with Gasteiger partial charge in [0.05, 0.1) is 4.90 Å². The molecule has 2 aromatic rings. The van der Waals surface area contributed by atoms with E-state index in [9.17, 15) is 18.0 Å². The fourth-order valence-electron chi connectivity index (χ4n) is 2.62. The molecule has 2 N–H and O–H groups in total. The maximum atomic E-state index is 12.6. The topological polar surface area (TPSA) is 105 Å². The number of hydrogen-bond acceptors (Lipinski definition) is 5. The number of Topliss-reactive ketones (excluding diaryl/α,β-unsaturated/α-hetero) is 1. The van der Waals surface area contributed by atoms with E-state index in [0.29, 0.717) is 11.3 Å². The van der Waals surface area contributed by atoms with E-state index in [1.807, 2.05) is 6.92 Å². The number of aryl methyl sites for hydroxylation is 2. The monoisotopic (exact) mass is 470 g/mol. The van der Waals surface area contributed by atoms with Crippen LogP contribution in [-0.2, 0) is 19.6 Å². The van der Waals surface area contributed by atoms with E-state index in [1.54, 1.807) is 39.0 Å². The summed E-state index contributed by atoms with van der Waals surface area (Å²) >= 11 is 3.25. The van der Waals surface area contributed by atoms with Gasteiger partial charge in [0.25, 0.3) is 0 Å². The highest BCUT2D eigenvalue weighted by atomic mass is 79.9. The number of ketones is 1. The number of aromatic nitrogens is 1. The Hall–Kier alpha value is -1.97. The van der Waals surface area contributed by atoms with Crippen LogP contribution in [0.25, 0.3) is 0 Å². The number of carbonyl (C=O) groups excluding carboxylic acids is 2. The van der Waals surface area contributed by atoms with Gasteiger partial charge < -0.3 is 9.72 Å². The van der Waals surface area contributed by atoms with Crippen molar-refractivity contribution < 1.29 is 22.7 Å². The average molecular weight is 471 g/mol. The number of sulfonamides is 1. The van der Waals surface area contributed by atoms with Crippen molar-refractivity contribution in [2.24, 2.45) is 5.92 Å². The molecule has 1 heterocycles. The summed E-state index contributed by atoms with van der Waals surface area (Å²) in [5, 5.41) is 0. The van der Waals surface area contributed by atoms with Crippen LogP contribution in [0.1, 0.15) is 35.6 Å². The van der Waals surface area contributed by atoms with Crippen LogP contribution in [0.3, 0.4) is 0 Å². The third kappa shape index (κ3) is 5.52. The molecule has 0 saturated carbocycles. The van der Waals surface area contributed by atoms with Gasteiger partial charge in [-0.2, -0.15) is 4.72 Å². The van der Waals surface area contributed by atoms with Crippen LogP contribution in [-0.4, -0.2) is 37.8 Å². The predicted molar refractivity (Wildman–Crippen MR) is 109 cm³/mol. The van der Waals surface area contributed by atoms with Crippen LogP contribution in [0, 0.1) is 19.8 Å². The molecule has 0 aliphatic heterocycles. The average Bonchev–Trinajstić information content (AvgIpc) is 2.96. The lowest BCUT2D eigenvalue weighted by molar-refractivity contribution is -0.145. The van der Waals surface area contributed by atoms with Gasteiger partial charge in [-0.3, -0.25) is 9.59 Å². The SMILES string of the molecule is Cc1cc(C(=O)COC(=O)[C@@H](NS(=O)(=O)c2ccc(Br)cc2)C(C)C)c(C)[nH]1. The van der Waals surface area contributed by atoms with Crippen LogP contribution in [0.5, 0.6) is 0 Å². The molecule has 0 unspecified atom stereocenters. The number of nitrogens with one attached hydrogen (secondary N) is 2. The minimum absolute atomic E-state index is 0.0312. The van der Waals surface area contributed by atoms with Gasteiger partial charge in [0.2, 0.25) is 15.8 Å². The Morgan fingerprint density at radius 1 is 1.18 bits per heavy atom. The molecule has 0 fully saturated rings. The van der Waals surface area contributed by atoms with E-state index >= 15 is 0 Å². The standard InChI is InChI=1S/C19H23BrN2O5S/c1-11(2)18(22-28(25,26)15-7-5-14(20)6-8-15)19(24)27-10-17(23)16-9-12(3)21-13(16)4/h5-9,11,18,21-22H,10H2,1-4H3/t18-/m0/s1. The summed E-state index contributed by atoms with van der Waals surface area (Å²) in [6.45, 7) is 6.50. The Morgan fingerprint density at radius 3 is 2.29 bits per heavy atom. The third-order valence-corrected chi connectivity index (χ3v) is 6.11. The highest BCUT2D eigenvalue weighted by molar-refractivity contribution is 9.10. The molecule has 1 atom stereocenters. The summed E-state index contributed by atoms with van der Waals surface area (Å²) in [4.78, 5) is 27.8. The lowest BCUT2D eigenvalue weighted by Crippen LogP contribution is -2.45. The molecule has 0 aliphatic rings. The van der Waals surface area contributed by atoms with Gasteiger partial charge in [-0.05, 0) is 50.1 Å². The number of hydrogen-bond donors (Lipinski definition) is 2. The van der Waals surface area contributed by atoms with E-state index in [2.05, 4.69) is 25.6 Å². The molecular weight excluding hydrogens is 448 g/mol. The second-order valence-corrected chi connectivity index (χ2v) is 9.45. The zero-order chi connectivity index (χ0) is 21.1. The largest absolute Gasteiger partial charge is 0.456 e. The van der Waals surface area contributed by atoms with Gasteiger partial charge in [-0.25, -0.2) is 8.42 Å². The minimum atomic E-state index is -3.92. The summed E-state index contributed by atoms with van der Waals surface area (Å²) in [5.74, 6) is -1.52. The quantitative estimate of drug-likeness (QED) is 0.455. The fourth-order valence-corrected chi connectivity index (χ4v) is 4.22. The molecule has 0 saturated heterocycles. The number of H-pyrrole nitrogens is 1. The van der Waals surface area contributed by atoms with E-state index in [4.69, 9.17) is 4.74 Å². The van der Waals surface area contributed by atoms with E-state index in [-0.39, 0.29) is 16.6 Å². The molecule has 0 radical (unpaired) electrons. The van der Waals surface area contributed by atoms with Crippen LogP contribution in [0.4, 0.5) is 0 Å². The van der Waals surface area contributed by atoms with Crippen LogP contribution >= 0.6 is 15.9 Å². The maximum absolute atomic E-state index is 12.6.